The lowest BCUT2D eigenvalue weighted by atomic mass is 9.93. The van der Waals surface area contributed by atoms with Crippen LogP contribution in [0.2, 0.25) is 0 Å². The molecule has 0 bridgehead atoms. The molecule has 20 heavy (non-hydrogen) atoms. The van der Waals surface area contributed by atoms with Crippen LogP contribution in [0.4, 0.5) is 0 Å². The van der Waals surface area contributed by atoms with Crippen molar-refractivity contribution in [3.8, 4) is 0 Å². The van der Waals surface area contributed by atoms with Gasteiger partial charge in [0.05, 0.1) is 6.10 Å². The van der Waals surface area contributed by atoms with E-state index in [-0.39, 0.29) is 12.0 Å². The third-order valence-corrected chi connectivity index (χ3v) is 4.13. The fourth-order valence-corrected chi connectivity index (χ4v) is 2.72. The highest BCUT2D eigenvalue weighted by Gasteiger charge is 2.21. The van der Waals surface area contributed by atoms with E-state index in [1.165, 1.54) is 12.0 Å². The van der Waals surface area contributed by atoms with Crippen molar-refractivity contribution in [2.45, 2.75) is 70.6 Å². The predicted molar refractivity (Wildman–Crippen MR) is 84.5 cm³/mol. The number of aliphatic hydroxyl groups excluding tert-OH is 1. The Hall–Kier alpha value is -0.640. The minimum absolute atomic E-state index is 0.0868. The second kappa shape index (κ2) is 9.32. The molecule has 116 valence electrons. The summed E-state index contributed by atoms with van der Waals surface area (Å²) in [4.78, 5) is 0. The highest BCUT2D eigenvalue weighted by atomic mass is 16.5. The molecule has 1 aliphatic rings. The highest BCUT2D eigenvalue weighted by molar-refractivity contribution is 5.05. The fourth-order valence-electron chi connectivity index (χ4n) is 2.72. The van der Waals surface area contributed by atoms with Gasteiger partial charge in [0, 0.05) is 19.1 Å². The van der Waals surface area contributed by atoms with Crippen LogP contribution in [-0.2, 0) is 4.74 Å². The van der Waals surface area contributed by atoms with Gasteiger partial charge in [-0.2, -0.15) is 0 Å². The maximum Gasteiger partial charge on any atom is 0.102 e. The van der Waals surface area contributed by atoms with E-state index in [0.29, 0.717) is 6.04 Å². The van der Waals surface area contributed by atoms with Gasteiger partial charge in [-0.05, 0) is 39.0 Å². The number of hydrogen-bond donors (Lipinski definition) is 2. The molecule has 3 heteroatoms. The Labute approximate surface area is 123 Å². The average Bonchev–Trinajstić information content (AvgIpc) is 2.43. The van der Waals surface area contributed by atoms with Gasteiger partial charge in [0.15, 0.2) is 0 Å². The zero-order chi connectivity index (χ0) is 15.0. The number of allylic oxidation sites excluding steroid dienone is 2. The molecule has 0 saturated heterocycles. The fraction of sp³-hybridized carbons (Fsp3) is 0.765. The molecule has 0 amide bonds. The monoisotopic (exact) mass is 281 g/mol. The molecule has 0 radical (unpaired) electrons. The van der Waals surface area contributed by atoms with E-state index < -0.39 is 6.10 Å². The van der Waals surface area contributed by atoms with Gasteiger partial charge in [-0.1, -0.05) is 37.1 Å². The van der Waals surface area contributed by atoms with E-state index in [1.807, 2.05) is 13.0 Å². The summed E-state index contributed by atoms with van der Waals surface area (Å²) in [6.07, 6.45) is 12.1. The van der Waals surface area contributed by atoms with Crippen molar-refractivity contribution < 1.29 is 9.84 Å². The Kier molecular flexibility index (Phi) is 8.12. The van der Waals surface area contributed by atoms with E-state index in [9.17, 15) is 5.11 Å². The standard InChI is InChI=1S/C17H31NO2/c1-13-10-11-15(18)8-6-4-5-7-9-16(20-3)17(19)14(2)12-13/h7,9,12,14-17,19H,4-6,8,10-11,18H2,1-3H3/b9-7+,13-12+/t14?,15?,16-,17-/m0/s1. The maximum absolute atomic E-state index is 10.4. The van der Waals surface area contributed by atoms with Crippen LogP contribution < -0.4 is 5.73 Å². The molecular weight excluding hydrogens is 250 g/mol. The van der Waals surface area contributed by atoms with Crippen molar-refractivity contribution >= 4 is 0 Å². The molecule has 1 aliphatic carbocycles. The second-order valence-electron chi connectivity index (χ2n) is 6.07. The van der Waals surface area contributed by atoms with Crippen LogP contribution in [0.15, 0.2) is 23.8 Å². The molecule has 0 aromatic rings. The minimum Gasteiger partial charge on any atom is -0.389 e. The molecule has 1 rings (SSSR count). The normalized spacial score (nSPS) is 38.5. The summed E-state index contributed by atoms with van der Waals surface area (Å²) in [5.41, 5.74) is 7.45. The molecule has 3 nitrogen and oxygen atoms in total. The van der Waals surface area contributed by atoms with Crippen LogP contribution >= 0.6 is 0 Å². The van der Waals surface area contributed by atoms with Crippen molar-refractivity contribution in [1.82, 2.24) is 0 Å². The molecule has 0 spiro atoms. The third kappa shape index (κ3) is 6.21. The molecule has 0 fully saturated rings. The molecule has 0 saturated carbocycles. The largest absolute Gasteiger partial charge is 0.389 e. The van der Waals surface area contributed by atoms with Gasteiger partial charge in [-0.3, -0.25) is 0 Å². The molecule has 4 atom stereocenters. The van der Waals surface area contributed by atoms with Crippen LogP contribution in [0.5, 0.6) is 0 Å². The molecule has 0 aliphatic heterocycles. The quantitative estimate of drug-likeness (QED) is 0.726. The van der Waals surface area contributed by atoms with Crippen molar-refractivity contribution in [1.29, 1.82) is 0 Å². The van der Waals surface area contributed by atoms with Crippen molar-refractivity contribution in [2.24, 2.45) is 11.7 Å². The van der Waals surface area contributed by atoms with Crippen LogP contribution in [-0.4, -0.2) is 30.5 Å². The molecule has 0 aromatic carbocycles. The lowest BCUT2D eigenvalue weighted by Gasteiger charge is -2.23. The first kappa shape index (κ1) is 17.4. The van der Waals surface area contributed by atoms with Crippen LogP contribution in [0.25, 0.3) is 0 Å². The van der Waals surface area contributed by atoms with E-state index in [4.69, 9.17) is 10.5 Å². The van der Waals surface area contributed by atoms with Gasteiger partial charge < -0.3 is 15.6 Å². The summed E-state index contributed by atoms with van der Waals surface area (Å²) in [6.45, 7) is 4.17. The first-order valence-corrected chi connectivity index (χ1v) is 7.85. The van der Waals surface area contributed by atoms with Gasteiger partial charge in [-0.25, -0.2) is 0 Å². The third-order valence-electron chi connectivity index (χ3n) is 4.13. The lowest BCUT2D eigenvalue weighted by Crippen LogP contribution is -2.31. The van der Waals surface area contributed by atoms with Gasteiger partial charge >= 0.3 is 0 Å². The Morgan fingerprint density at radius 1 is 1.30 bits per heavy atom. The second-order valence-corrected chi connectivity index (χ2v) is 6.07. The summed E-state index contributed by atoms with van der Waals surface area (Å²) in [5, 5.41) is 10.4. The average molecular weight is 281 g/mol. The molecule has 2 unspecified atom stereocenters. The van der Waals surface area contributed by atoms with E-state index in [1.54, 1.807) is 7.11 Å². The molecule has 3 N–H and O–H groups in total. The van der Waals surface area contributed by atoms with Gasteiger partial charge in [0.2, 0.25) is 0 Å². The number of hydrogen-bond acceptors (Lipinski definition) is 3. The predicted octanol–water partition coefficient (Wildman–Crippen LogP) is 3.18. The Morgan fingerprint density at radius 3 is 2.75 bits per heavy atom. The Morgan fingerprint density at radius 2 is 2.05 bits per heavy atom. The SMILES string of the molecule is CO[C@H]1/C=C/CCCCC(N)CC/C(C)=C/C(C)[C@@H]1O. The first-order valence-electron chi connectivity index (χ1n) is 7.85. The van der Waals surface area contributed by atoms with E-state index >= 15 is 0 Å². The highest BCUT2D eigenvalue weighted by Crippen LogP contribution is 2.19. The smallest absolute Gasteiger partial charge is 0.102 e. The topological polar surface area (TPSA) is 55.5 Å². The van der Waals surface area contributed by atoms with Crippen molar-refractivity contribution in [2.75, 3.05) is 7.11 Å². The minimum atomic E-state index is -0.497. The van der Waals surface area contributed by atoms with E-state index in [0.717, 1.165) is 32.1 Å². The number of aliphatic hydroxyl groups is 1. The maximum atomic E-state index is 10.4. The van der Waals surface area contributed by atoms with Crippen LogP contribution in [0, 0.1) is 5.92 Å². The number of methoxy groups -OCH3 is 1. The molecule has 0 heterocycles. The number of ether oxygens (including phenoxy) is 1. The summed E-state index contributed by atoms with van der Waals surface area (Å²) in [6, 6.07) is 0.303. The lowest BCUT2D eigenvalue weighted by molar-refractivity contribution is -0.00188. The van der Waals surface area contributed by atoms with Crippen LogP contribution in [0.1, 0.15) is 52.4 Å². The number of nitrogens with two attached hydrogens (primary N) is 1. The van der Waals surface area contributed by atoms with Gasteiger partial charge in [0.1, 0.15) is 6.10 Å². The Balaban J connectivity index is 2.76. The first-order chi connectivity index (χ1) is 9.54. The van der Waals surface area contributed by atoms with E-state index in [2.05, 4.69) is 19.1 Å². The summed E-state index contributed by atoms with van der Waals surface area (Å²) in [7, 11) is 1.66. The van der Waals surface area contributed by atoms with Gasteiger partial charge in [-0.15, -0.1) is 0 Å². The van der Waals surface area contributed by atoms with Gasteiger partial charge in [0.25, 0.3) is 0 Å². The van der Waals surface area contributed by atoms with Crippen molar-refractivity contribution in [3.63, 3.8) is 0 Å². The number of rotatable bonds is 1. The zero-order valence-electron chi connectivity index (χ0n) is 13.2. The summed E-state index contributed by atoms with van der Waals surface area (Å²) in [5.74, 6) is 0.0868. The van der Waals surface area contributed by atoms with Crippen LogP contribution in [0.3, 0.4) is 0 Å². The van der Waals surface area contributed by atoms with Crippen molar-refractivity contribution in [3.05, 3.63) is 23.8 Å². The molecular formula is C17H31NO2. The zero-order valence-corrected chi connectivity index (χ0v) is 13.2. The summed E-state index contributed by atoms with van der Waals surface area (Å²) < 4.78 is 5.40. The summed E-state index contributed by atoms with van der Waals surface area (Å²) >= 11 is 0. The molecule has 0 aromatic heterocycles. The Bertz CT molecular complexity index is 325.